The summed E-state index contributed by atoms with van der Waals surface area (Å²) < 4.78 is 0. The van der Waals surface area contributed by atoms with Crippen molar-refractivity contribution in [2.24, 2.45) is 5.92 Å². The standard InChI is InChI=1S/C28H33N3O2/c32-27(33)17-20(24-16-21-8-3-4-10-25(21)30-18-24)7-2-1-6-19-11-12-22-15-23-9-5-13-29-28(23)31-26(22)14-19/h3-4,8,10,15-16,18-20H,1-2,5-7,9,11-14,17H2,(H,29,31)(H,32,33)/p+3. The number of aryl methyl sites for hydroxylation is 2. The van der Waals surface area contributed by atoms with E-state index in [9.17, 15) is 9.90 Å². The third-order valence-electron chi connectivity index (χ3n) is 7.67. The minimum Gasteiger partial charge on any atom is -0.481 e. The lowest BCUT2D eigenvalue weighted by Gasteiger charge is -2.22. The van der Waals surface area contributed by atoms with E-state index in [0.29, 0.717) is 0 Å². The predicted molar refractivity (Wildman–Crippen MR) is 127 cm³/mol. The third-order valence-corrected chi connectivity index (χ3v) is 7.67. The molecule has 3 aromatic rings. The van der Waals surface area contributed by atoms with Crippen LogP contribution in [0.3, 0.4) is 0 Å². The summed E-state index contributed by atoms with van der Waals surface area (Å²) in [5.74, 6) is 1.45. The average Bonchev–Trinajstić information content (AvgIpc) is 2.84. The molecule has 0 spiro atoms. The number of quaternary nitrogens is 1. The number of hydrogen-bond acceptors (Lipinski definition) is 1. The van der Waals surface area contributed by atoms with E-state index in [2.05, 4.69) is 39.6 Å². The molecule has 2 unspecified atom stereocenters. The van der Waals surface area contributed by atoms with E-state index in [0.717, 1.165) is 41.6 Å². The molecule has 5 nitrogen and oxygen atoms in total. The Balaban J connectivity index is 1.17. The molecular formula is C28H36N3O2+3. The number of aromatic nitrogens is 2. The molecule has 0 fully saturated rings. The highest BCUT2D eigenvalue weighted by Crippen LogP contribution is 2.31. The summed E-state index contributed by atoms with van der Waals surface area (Å²) in [6.07, 6.45) is 12.7. The van der Waals surface area contributed by atoms with Gasteiger partial charge in [0.1, 0.15) is 0 Å². The maximum atomic E-state index is 11.5. The molecule has 172 valence electrons. The topological polar surface area (TPSA) is 82.2 Å². The lowest BCUT2D eigenvalue weighted by atomic mass is 9.82. The number of aromatic amines is 2. The summed E-state index contributed by atoms with van der Waals surface area (Å²) in [5, 5.41) is 13.0. The third kappa shape index (κ3) is 5.25. The van der Waals surface area contributed by atoms with Crippen LogP contribution in [0.15, 0.2) is 42.6 Å². The van der Waals surface area contributed by atoms with Crippen molar-refractivity contribution in [3.63, 3.8) is 0 Å². The molecule has 3 heterocycles. The first-order valence-corrected chi connectivity index (χ1v) is 12.7. The molecule has 2 aliphatic rings. The van der Waals surface area contributed by atoms with Gasteiger partial charge < -0.3 is 5.11 Å². The number of carbonyl (C=O) groups is 1. The first-order chi connectivity index (χ1) is 16.2. The largest absolute Gasteiger partial charge is 0.481 e. The van der Waals surface area contributed by atoms with Crippen molar-refractivity contribution in [1.29, 1.82) is 0 Å². The molecule has 1 aromatic carbocycles. The zero-order valence-corrected chi connectivity index (χ0v) is 19.4. The zero-order chi connectivity index (χ0) is 22.6. The predicted octanol–water partition coefficient (Wildman–Crippen LogP) is 3.53. The van der Waals surface area contributed by atoms with Gasteiger partial charge in [0.05, 0.1) is 18.5 Å². The van der Waals surface area contributed by atoms with Gasteiger partial charge in [-0.25, -0.2) is 4.98 Å². The minimum atomic E-state index is -0.715. The molecule has 0 saturated carbocycles. The molecule has 2 aromatic heterocycles. The van der Waals surface area contributed by atoms with Gasteiger partial charge in [-0.05, 0) is 56.2 Å². The minimum absolute atomic E-state index is 0.0610. The molecule has 5 N–H and O–H groups in total. The van der Waals surface area contributed by atoms with Gasteiger partial charge in [-0.3, -0.25) is 10.1 Å². The number of carboxylic acids is 1. The van der Waals surface area contributed by atoms with Gasteiger partial charge in [-0.1, -0.05) is 25.0 Å². The molecule has 0 bridgehead atoms. The van der Waals surface area contributed by atoms with Crippen molar-refractivity contribution < 1.29 is 25.2 Å². The van der Waals surface area contributed by atoms with Gasteiger partial charge in [-0.2, -0.15) is 4.98 Å². The fourth-order valence-electron chi connectivity index (χ4n) is 5.82. The number of nitrogens with one attached hydrogen (secondary N) is 2. The van der Waals surface area contributed by atoms with Crippen molar-refractivity contribution in [1.82, 2.24) is 0 Å². The average molecular weight is 447 g/mol. The van der Waals surface area contributed by atoms with Crippen LogP contribution in [0.25, 0.3) is 10.9 Å². The number of aliphatic carboxylic acids is 1. The Morgan fingerprint density at radius 1 is 1.15 bits per heavy atom. The first kappa shape index (κ1) is 22.0. The summed E-state index contributed by atoms with van der Waals surface area (Å²) in [5.41, 5.74) is 6.70. The van der Waals surface area contributed by atoms with Gasteiger partial charge in [0.25, 0.3) is 0 Å². The Bertz CT molecular complexity index is 1140. The molecule has 0 saturated heterocycles. The van der Waals surface area contributed by atoms with Crippen LogP contribution in [-0.2, 0) is 24.1 Å². The first-order valence-electron chi connectivity index (χ1n) is 12.7. The Kier molecular flexibility index (Phi) is 6.68. The van der Waals surface area contributed by atoms with E-state index in [1.807, 2.05) is 18.3 Å². The molecular weight excluding hydrogens is 410 g/mol. The van der Waals surface area contributed by atoms with Crippen LogP contribution in [0.4, 0.5) is 5.82 Å². The SMILES string of the molecule is O=C(O)CC(CCCCC1CCc2cc3c([nH+]c2C1)[NH2+]CCC3)c1c[nH+]c2ccccc2c1. The van der Waals surface area contributed by atoms with Gasteiger partial charge in [0.2, 0.25) is 5.52 Å². The van der Waals surface area contributed by atoms with Gasteiger partial charge in [0.15, 0.2) is 11.9 Å². The number of H-pyrrole nitrogens is 2. The second-order valence-corrected chi connectivity index (χ2v) is 10.0. The quantitative estimate of drug-likeness (QED) is 0.519. The summed E-state index contributed by atoms with van der Waals surface area (Å²) >= 11 is 0. The second-order valence-electron chi connectivity index (χ2n) is 10.0. The van der Waals surface area contributed by atoms with Crippen LogP contribution in [0.5, 0.6) is 0 Å². The van der Waals surface area contributed by atoms with Crippen molar-refractivity contribution in [3.05, 3.63) is 65.0 Å². The Morgan fingerprint density at radius 3 is 2.97 bits per heavy atom. The highest BCUT2D eigenvalue weighted by atomic mass is 16.4. The zero-order valence-electron chi connectivity index (χ0n) is 19.4. The Labute approximate surface area is 195 Å². The van der Waals surface area contributed by atoms with E-state index < -0.39 is 5.97 Å². The molecule has 0 amide bonds. The maximum absolute atomic E-state index is 11.5. The summed E-state index contributed by atoms with van der Waals surface area (Å²) in [6.45, 7) is 1.19. The van der Waals surface area contributed by atoms with Crippen LogP contribution in [0.2, 0.25) is 0 Å². The monoisotopic (exact) mass is 446 g/mol. The number of hydrogen-bond donors (Lipinski definition) is 2. The smallest absolute Gasteiger partial charge is 0.367 e. The fourth-order valence-corrected chi connectivity index (χ4v) is 5.82. The highest BCUT2D eigenvalue weighted by Gasteiger charge is 2.29. The molecule has 1 aliphatic heterocycles. The van der Waals surface area contributed by atoms with Gasteiger partial charge in [0, 0.05) is 41.3 Å². The van der Waals surface area contributed by atoms with Crippen LogP contribution >= 0.6 is 0 Å². The summed E-state index contributed by atoms with van der Waals surface area (Å²) in [4.78, 5) is 18.6. The van der Waals surface area contributed by atoms with Gasteiger partial charge >= 0.3 is 11.8 Å². The normalized spacial score (nSPS) is 18.5. The van der Waals surface area contributed by atoms with E-state index in [1.54, 1.807) is 0 Å². The number of benzene rings is 1. The molecule has 2 atom stereocenters. The van der Waals surface area contributed by atoms with Crippen molar-refractivity contribution in [2.75, 3.05) is 6.54 Å². The molecule has 1 aliphatic carbocycles. The molecule has 0 radical (unpaired) electrons. The number of para-hydroxylation sites is 1. The summed E-state index contributed by atoms with van der Waals surface area (Å²) in [6, 6.07) is 12.8. The number of nitrogens with two attached hydrogens (primary N) is 1. The second kappa shape index (κ2) is 10.0. The fraction of sp³-hybridized carbons (Fsp3) is 0.464. The number of unbranched alkanes of at least 4 members (excludes halogenated alkanes) is 1. The lowest BCUT2D eigenvalue weighted by Crippen LogP contribution is -2.82. The number of rotatable bonds is 8. The van der Waals surface area contributed by atoms with Crippen molar-refractivity contribution in [2.45, 2.75) is 70.1 Å². The van der Waals surface area contributed by atoms with E-state index >= 15 is 0 Å². The van der Waals surface area contributed by atoms with Crippen LogP contribution < -0.4 is 15.3 Å². The number of pyridine rings is 2. The van der Waals surface area contributed by atoms with Crippen LogP contribution in [-0.4, -0.2) is 17.6 Å². The maximum Gasteiger partial charge on any atom is 0.367 e. The van der Waals surface area contributed by atoms with E-state index in [1.165, 1.54) is 67.7 Å². The Hall–Kier alpha value is -2.79. The van der Waals surface area contributed by atoms with Crippen molar-refractivity contribution >= 4 is 22.7 Å². The van der Waals surface area contributed by atoms with Crippen molar-refractivity contribution in [3.8, 4) is 0 Å². The summed E-state index contributed by atoms with van der Waals surface area (Å²) in [7, 11) is 0. The Morgan fingerprint density at radius 2 is 2.06 bits per heavy atom. The van der Waals surface area contributed by atoms with E-state index in [-0.39, 0.29) is 12.3 Å². The molecule has 33 heavy (non-hydrogen) atoms. The van der Waals surface area contributed by atoms with Crippen LogP contribution in [0, 0.1) is 5.92 Å². The molecule has 5 rings (SSSR count). The number of fused-ring (bicyclic) bond motifs is 3. The number of carboxylic acid groups (broad SMARTS) is 1. The highest BCUT2D eigenvalue weighted by molar-refractivity contribution is 5.76. The van der Waals surface area contributed by atoms with Gasteiger partial charge in [-0.15, -0.1) is 0 Å². The van der Waals surface area contributed by atoms with Crippen LogP contribution in [0.1, 0.15) is 73.2 Å². The molecule has 5 heteroatoms. The van der Waals surface area contributed by atoms with E-state index in [4.69, 9.17) is 0 Å². The lowest BCUT2D eigenvalue weighted by molar-refractivity contribution is -0.654.